The number of carbonyl (C=O) groups excluding carboxylic acids is 1. The first-order valence-corrected chi connectivity index (χ1v) is 10.7. The van der Waals surface area contributed by atoms with Gasteiger partial charge in [-0.1, -0.05) is 19.4 Å². The van der Waals surface area contributed by atoms with E-state index in [2.05, 4.69) is 32.9 Å². The normalized spacial score (nSPS) is 20.2. The van der Waals surface area contributed by atoms with E-state index in [9.17, 15) is 4.79 Å². The van der Waals surface area contributed by atoms with Gasteiger partial charge in [0, 0.05) is 23.8 Å². The first-order valence-electron chi connectivity index (χ1n) is 10.7. The van der Waals surface area contributed by atoms with Crippen molar-refractivity contribution >= 4 is 6.09 Å². The van der Waals surface area contributed by atoms with Crippen molar-refractivity contribution in [2.75, 3.05) is 6.54 Å². The lowest BCUT2D eigenvalue weighted by molar-refractivity contribution is 0.0131. The molecule has 1 aromatic heterocycles. The molecule has 5 heteroatoms. The summed E-state index contributed by atoms with van der Waals surface area (Å²) in [7, 11) is 0. The van der Waals surface area contributed by atoms with E-state index in [1.54, 1.807) is 0 Å². The molecule has 1 amide bonds. The average Bonchev–Trinajstić information content (AvgIpc) is 2.91. The van der Waals surface area contributed by atoms with Crippen molar-refractivity contribution in [1.29, 1.82) is 0 Å². The Bertz CT molecular complexity index is 651. The van der Waals surface area contributed by atoms with Gasteiger partial charge in [-0.15, -0.1) is 0 Å². The number of aryl methyl sites for hydroxylation is 1. The van der Waals surface area contributed by atoms with Gasteiger partial charge in [0.1, 0.15) is 5.60 Å². The number of ether oxygens (including phenoxy) is 1. The summed E-state index contributed by atoms with van der Waals surface area (Å²) < 4.78 is 5.60. The van der Waals surface area contributed by atoms with Crippen molar-refractivity contribution in [1.82, 2.24) is 9.88 Å². The van der Waals surface area contributed by atoms with Gasteiger partial charge in [-0.25, -0.2) is 4.79 Å². The maximum atomic E-state index is 12.6. The second-order valence-corrected chi connectivity index (χ2v) is 9.81. The lowest BCUT2D eigenvalue weighted by Crippen LogP contribution is -2.45. The second-order valence-electron chi connectivity index (χ2n) is 9.81. The maximum absolute atomic E-state index is 12.6. The predicted octanol–water partition coefficient (Wildman–Crippen LogP) is 5.24. The number of hydrogen-bond donors (Lipinski definition) is 1. The molecule has 1 aromatic rings. The van der Waals surface area contributed by atoms with Crippen molar-refractivity contribution < 1.29 is 9.53 Å². The number of likely N-dealkylation sites (tertiary alicyclic amines) is 1. The van der Waals surface area contributed by atoms with Gasteiger partial charge in [0.25, 0.3) is 0 Å². The highest BCUT2D eigenvalue weighted by atomic mass is 16.6. The molecular formula is C23H39N3O2. The molecule has 0 spiro atoms. The predicted molar refractivity (Wildman–Crippen MR) is 114 cm³/mol. The molecule has 0 aromatic carbocycles. The van der Waals surface area contributed by atoms with Crippen LogP contribution >= 0.6 is 0 Å². The van der Waals surface area contributed by atoms with Gasteiger partial charge < -0.3 is 15.4 Å². The first kappa shape index (κ1) is 22.7. The molecule has 1 saturated heterocycles. The fraction of sp³-hybridized carbons (Fsp3) is 0.739. The van der Waals surface area contributed by atoms with E-state index in [1.807, 2.05) is 31.7 Å². The van der Waals surface area contributed by atoms with E-state index in [-0.39, 0.29) is 17.7 Å². The molecule has 5 nitrogen and oxygen atoms in total. The van der Waals surface area contributed by atoms with E-state index in [0.29, 0.717) is 5.92 Å². The lowest BCUT2D eigenvalue weighted by atomic mass is 9.91. The quantitative estimate of drug-likeness (QED) is 0.692. The van der Waals surface area contributed by atoms with Crippen LogP contribution in [0.5, 0.6) is 0 Å². The molecular weight excluding hydrogens is 350 g/mol. The third-order valence-corrected chi connectivity index (χ3v) is 5.45. The van der Waals surface area contributed by atoms with Crippen LogP contribution in [0.15, 0.2) is 18.2 Å². The standard InChI is InChI=1S/C23H39N3O2/c1-7-8-10-18-11-9-12-20(25-18)19(24)14-13-17-15-23(5,6)26(16-17)21(27)28-22(2,3)4/h9,11-12,17,19H,7-8,10,13-16,24H2,1-6H3/t17-,19?/m0/s1. The number of nitrogens with two attached hydrogens (primary N) is 1. The Labute approximate surface area is 171 Å². The van der Waals surface area contributed by atoms with Gasteiger partial charge in [-0.2, -0.15) is 0 Å². The zero-order valence-electron chi connectivity index (χ0n) is 18.6. The van der Waals surface area contributed by atoms with Crippen LogP contribution in [-0.4, -0.2) is 33.7 Å². The van der Waals surface area contributed by atoms with Crippen LogP contribution in [0.25, 0.3) is 0 Å². The monoisotopic (exact) mass is 389 g/mol. The van der Waals surface area contributed by atoms with E-state index in [4.69, 9.17) is 15.5 Å². The zero-order chi connectivity index (χ0) is 20.9. The molecule has 1 aliphatic rings. The number of hydrogen-bond acceptors (Lipinski definition) is 4. The van der Waals surface area contributed by atoms with Crippen LogP contribution in [0.4, 0.5) is 4.79 Å². The summed E-state index contributed by atoms with van der Waals surface area (Å²) in [5.41, 5.74) is 7.91. The van der Waals surface area contributed by atoms with Crippen LogP contribution in [0.2, 0.25) is 0 Å². The molecule has 2 N–H and O–H groups in total. The van der Waals surface area contributed by atoms with Crippen LogP contribution in [0, 0.1) is 5.92 Å². The average molecular weight is 390 g/mol. The Morgan fingerprint density at radius 3 is 2.75 bits per heavy atom. The number of nitrogens with zero attached hydrogens (tertiary/aromatic N) is 2. The summed E-state index contributed by atoms with van der Waals surface area (Å²) >= 11 is 0. The SMILES string of the molecule is CCCCc1cccc(C(N)CC[C@@H]2CN(C(=O)OC(C)(C)C)C(C)(C)C2)n1. The van der Waals surface area contributed by atoms with Crippen molar-refractivity contribution in [3.8, 4) is 0 Å². The van der Waals surface area contributed by atoms with Gasteiger partial charge in [0.15, 0.2) is 0 Å². The first-order chi connectivity index (χ1) is 13.0. The number of pyridine rings is 1. The highest BCUT2D eigenvalue weighted by molar-refractivity contribution is 5.69. The molecule has 0 radical (unpaired) electrons. The Morgan fingerprint density at radius 2 is 2.11 bits per heavy atom. The van der Waals surface area contributed by atoms with Crippen molar-refractivity contribution in [2.24, 2.45) is 11.7 Å². The molecule has 1 unspecified atom stereocenters. The molecule has 0 bridgehead atoms. The minimum atomic E-state index is -0.470. The van der Waals surface area contributed by atoms with E-state index < -0.39 is 5.60 Å². The molecule has 1 fully saturated rings. The molecule has 0 aliphatic carbocycles. The highest BCUT2D eigenvalue weighted by Gasteiger charge is 2.42. The van der Waals surface area contributed by atoms with Crippen molar-refractivity contribution in [3.05, 3.63) is 29.6 Å². The number of aromatic nitrogens is 1. The Kier molecular flexibility index (Phi) is 7.49. The van der Waals surface area contributed by atoms with Gasteiger partial charge in [0.05, 0.1) is 5.69 Å². The molecule has 158 valence electrons. The summed E-state index contributed by atoms with van der Waals surface area (Å²) in [5.74, 6) is 0.442. The molecule has 1 aliphatic heterocycles. The highest BCUT2D eigenvalue weighted by Crippen LogP contribution is 2.37. The van der Waals surface area contributed by atoms with Gasteiger partial charge >= 0.3 is 6.09 Å². The fourth-order valence-electron chi connectivity index (χ4n) is 3.98. The van der Waals surface area contributed by atoms with Crippen LogP contribution in [0.3, 0.4) is 0 Å². The van der Waals surface area contributed by atoms with Crippen LogP contribution < -0.4 is 5.73 Å². The number of unbranched alkanes of at least 4 members (excludes halogenated alkanes) is 1. The second kappa shape index (κ2) is 9.25. The number of carbonyl (C=O) groups is 1. The topological polar surface area (TPSA) is 68.5 Å². The minimum absolute atomic E-state index is 0.0553. The van der Waals surface area contributed by atoms with Gasteiger partial charge in [-0.3, -0.25) is 4.98 Å². The van der Waals surface area contributed by atoms with Crippen LogP contribution in [-0.2, 0) is 11.2 Å². The number of rotatable bonds is 7. The van der Waals surface area contributed by atoms with E-state index >= 15 is 0 Å². The minimum Gasteiger partial charge on any atom is -0.444 e. The van der Waals surface area contributed by atoms with Crippen molar-refractivity contribution in [2.45, 2.75) is 97.2 Å². The Morgan fingerprint density at radius 1 is 1.39 bits per heavy atom. The summed E-state index contributed by atoms with van der Waals surface area (Å²) in [4.78, 5) is 19.2. The Balaban J connectivity index is 1.91. The number of amides is 1. The third-order valence-electron chi connectivity index (χ3n) is 5.45. The molecule has 2 heterocycles. The fourth-order valence-corrected chi connectivity index (χ4v) is 3.98. The van der Waals surface area contributed by atoms with Crippen molar-refractivity contribution in [3.63, 3.8) is 0 Å². The summed E-state index contributed by atoms with van der Waals surface area (Å²) in [5, 5.41) is 0. The lowest BCUT2D eigenvalue weighted by Gasteiger charge is -2.33. The van der Waals surface area contributed by atoms with E-state index in [0.717, 1.165) is 50.0 Å². The summed E-state index contributed by atoms with van der Waals surface area (Å²) in [6, 6.07) is 6.13. The molecule has 2 atom stereocenters. The maximum Gasteiger partial charge on any atom is 0.410 e. The molecule has 28 heavy (non-hydrogen) atoms. The molecule has 2 rings (SSSR count). The Hall–Kier alpha value is -1.62. The molecule has 0 saturated carbocycles. The summed E-state index contributed by atoms with van der Waals surface area (Å²) in [6.45, 7) is 12.9. The zero-order valence-corrected chi connectivity index (χ0v) is 18.6. The van der Waals surface area contributed by atoms with Gasteiger partial charge in [-0.05, 0) is 84.8 Å². The smallest absolute Gasteiger partial charge is 0.410 e. The van der Waals surface area contributed by atoms with E-state index in [1.165, 1.54) is 6.42 Å². The third kappa shape index (κ3) is 6.47. The van der Waals surface area contributed by atoms with Gasteiger partial charge in [0.2, 0.25) is 0 Å². The largest absolute Gasteiger partial charge is 0.444 e. The van der Waals surface area contributed by atoms with Crippen LogP contribution in [0.1, 0.15) is 91.1 Å². The summed E-state index contributed by atoms with van der Waals surface area (Å²) in [6.07, 6.45) is 5.97.